The molecule has 13 heavy (non-hydrogen) atoms. The number of alkyl halides is 1. The van der Waals surface area contributed by atoms with E-state index >= 15 is 0 Å². The van der Waals surface area contributed by atoms with Crippen LogP contribution in [0, 0.1) is 0 Å². The molecule has 1 aromatic rings. The maximum absolute atomic E-state index is 5.87. The lowest BCUT2D eigenvalue weighted by Crippen LogP contribution is -2.13. The minimum absolute atomic E-state index is 0.173. The van der Waals surface area contributed by atoms with Gasteiger partial charge in [-0.25, -0.2) is 0 Å². The third-order valence-corrected chi connectivity index (χ3v) is 2.68. The predicted octanol–water partition coefficient (Wildman–Crippen LogP) is 2.98. The second kappa shape index (κ2) is 3.51. The van der Waals surface area contributed by atoms with Crippen LogP contribution in [0.3, 0.4) is 0 Å². The average molecular weight is 194 g/mol. The lowest BCUT2D eigenvalue weighted by molar-refractivity contribution is 0.792. The van der Waals surface area contributed by atoms with Gasteiger partial charge in [0.05, 0.1) is 6.04 Å². The van der Waals surface area contributed by atoms with Gasteiger partial charge in [0, 0.05) is 18.0 Å². The van der Waals surface area contributed by atoms with Crippen LogP contribution in [0.2, 0.25) is 0 Å². The molecule has 1 atom stereocenters. The van der Waals surface area contributed by atoms with Gasteiger partial charge >= 0.3 is 0 Å². The Labute approximate surface area is 83.4 Å². The van der Waals surface area contributed by atoms with Gasteiger partial charge in [-0.15, -0.1) is 11.6 Å². The van der Waals surface area contributed by atoms with E-state index in [4.69, 9.17) is 11.6 Å². The molecule has 1 nitrogen and oxygen atoms in total. The van der Waals surface area contributed by atoms with Gasteiger partial charge in [0.2, 0.25) is 0 Å². The SMILES string of the molecule is CC1=NC(CCl)c2ccccc2C1. The Balaban J connectivity index is 2.44. The summed E-state index contributed by atoms with van der Waals surface area (Å²) in [5, 5.41) is 0. The zero-order valence-electron chi connectivity index (χ0n) is 7.63. The maximum atomic E-state index is 5.87. The van der Waals surface area contributed by atoms with Crippen LogP contribution in [0.1, 0.15) is 24.1 Å². The summed E-state index contributed by atoms with van der Waals surface area (Å²) in [5.41, 5.74) is 3.85. The van der Waals surface area contributed by atoms with E-state index in [0.717, 1.165) is 6.42 Å². The Hall–Kier alpha value is -0.820. The van der Waals surface area contributed by atoms with Crippen molar-refractivity contribution in [3.8, 4) is 0 Å². The van der Waals surface area contributed by atoms with Gasteiger partial charge in [0.15, 0.2) is 0 Å². The van der Waals surface area contributed by atoms with Crippen LogP contribution in [0.4, 0.5) is 0 Å². The Morgan fingerprint density at radius 1 is 1.46 bits per heavy atom. The minimum Gasteiger partial charge on any atom is -0.285 e. The van der Waals surface area contributed by atoms with Crippen molar-refractivity contribution in [1.82, 2.24) is 0 Å². The summed E-state index contributed by atoms with van der Waals surface area (Å²) in [7, 11) is 0. The van der Waals surface area contributed by atoms with Crippen molar-refractivity contribution in [2.75, 3.05) is 5.88 Å². The molecule has 0 radical (unpaired) electrons. The molecule has 0 saturated heterocycles. The number of aliphatic imine (C=N–C) groups is 1. The second-order valence-corrected chi connectivity index (χ2v) is 3.72. The summed E-state index contributed by atoms with van der Waals surface area (Å²) < 4.78 is 0. The summed E-state index contributed by atoms with van der Waals surface area (Å²) in [6.45, 7) is 2.06. The first kappa shape index (κ1) is 8.76. The van der Waals surface area contributed by atoms with E-state index in [0.29, 0.717) is 5.88 Å². The second-order valence-electron chi connectivity index (χ2n) is 3.41. The summed E-state index contributed by atoms with van der Waals surface area (Å²) in [6, 6.07) is 8.58. The number of fused-ring (bicyclic) bond motifs is 1. The molecule has 1 aliphatic rings. The van der Waals surface area contributed by atoms with Gasteiger partial charge in [-0.1, -0.05) is 24.3 Å². The van der Waals surface area contributed by atoms with Crippen LogP contribution >= 0.6 is 11.6 Å². The van der Waals surface area contributed by atoms with E-state index in [-0.39, 0.29) is 6.04 Å². The van der Waals surface area contributed by atoms with Crippen molar-refractivity contribution < 1.29 is 0 Å². The van der Waals surface area contributed by atoms with Crippen LogP contribution in [0.5, 0.6) is 0 Å². The van der Waals surface area contributed by atoms with E-state index in [2.05, 4.69) is 36.2 Å². The van der Waals surface area contributed by atoms with Gasteiger partial charge in [-0.2, -0.15) is 0 Å². The fraction of sp³-hybridized carbons (Fsp3) is 0.364. The molecule has 1 unspecified atom stereocenters. The summed E-state index contributed by atoms with van der Waals surface area (Å²) in [5.74, 6) is 0.578. The molecule has 2 heteroatoms. The molecule has 0 aliphatic carbocycles. The molecule has 0 fully saturated rings. The minimum atomic E-state index is 0.173. The Bertz CT molecular complexity index is 344. The average Bonchev–Trinajstić information content (AvgIpc) is 2.16. The van der Waals surface area contributed by atoms with Crippen LogP contribution in [0.25, 0.3) is 0 Å². The van der Waals surface area contributed by atoms with Crippen molar-refractivity contribution in [1.29, 1.82) is 0 Å². The molecule has 68 valence electrons. The third-order valence-electron chi connectivity index (χ3n) is 2.38. The highest BCUT2D eigenvalue weighted by Gasteiger charge is 2.17. The highest BCUT2D eigenvalue weighted by molar-refractivity contribution is 6.18. The monoisotopic (exact) mass is 193 g/mol. The fourth-order valence-electron chi connectivity index (χ4n) is 1.79. The molecule has 1 aliphatic heterocycles. The van der Waals surface area contributed by atoms with E-state index in [1.165, 1.54) is 16.8 Å². The van der Waals surface area contributed by atoms with Gasteiger partial charge in [0.1, 0.15) is 0 Å². The molecule has 0 bridgehead atoms. The Morgan fingerprint density at radius 2 is 2.23 bits per heavy atom. The normalized spacial score (nSPS) is 20.8. The van der Waals surface area contributed by atoms with Crippen molar-refractivity contribution in [3.05, 3.63) is 35.4 Å². The standard InChI is InChI=1S/C11H12ClN/c1-8-6-9-4-2-3-5-10(9)11(7-12)13-8/h2-5,11H,6-7H2,1H3. The number of hydrogen-bond acceptors (Lipinski definition) is 1. The number of nitrogens with zero attached hydrogens (tertiary/aromatic N) is 1. The first-order valence-electron chi connectivity index (χ1n) is 4.48. The van der Waals surface area contributed by atoms with Crippen molar-refractivity contribution >= 4 is 17.3 Å². The summed E-state index contributed by atoms with van der Waals surface area (Å²) in [6.07, 6.45) is 0.976. The van der Waals surface area contributed by atoms with Crippen LogP contribution in [-0.2, 0) is 6.42 Å². The van der Waals surface area contributed by atoms with E-state index in [9.17, 15) is 0 Å². The van der Waals surface area contributed by atoms with Crippen LogP contribution in [0.15, 0.2) is 29.3 Å². The first-order valence-corrected chi connectivity index (χ1v) is 5.01. The zero-order valence-corrected chi connectivity index (χ0v) is 8.38. The first-order chi connectivity index (χ1) is 6.31. The molecule has 0 spiro atoms. The Kier molecular flexibility index (Phi) is 2.36. The molecule has 0 N–H and O–H groups in total. The lowest BCUT2D eigenvalue weighted by atomic mass is 9.94. The van der Waals surface area contributed by atoms with Crippen molar-refractivity contribution in [3.63, 3.8) is 0 Å². The topological polar surface area (TPSA) is 12.4 Å². The molecule has 0 amide bonds. The molecule has 0 saturated carbocycles. The maximum Gasteiger partial charge on any atom is 0.0886 e. The summed E-state index contributed by atoms with van der Waals surface area (Å²) >= 11 is 5.87. The molecule has 0 aromatic heterocycles. The smallest absolute Gasteiger partial charge is 0.0886 e. The van der Waals surface area contributed by atoms with Gasteiger partial charge in [0.25, 0.3) is 0 Å². The third kappa shape index (κ3) is 1.61. The lowest BCUT2D eigenvalue weighted by Gasteiger charge is -2.20. The van der Waals surface area contributed by atoms with Crippen molar-refractivity contribution in [2.24, 2.45) is 4.99 Å². The van der Waals surface area contributed by atoms with E-state index in [1.807, 2.05) is 0 Å². The highest BCUT2D eigenvalue weighted by atomic mass is 35.5. The van der Waals surface area contributed by atoms with Crippen LogP contribution in [-0.4, -0.2) is 11.6 Å². The quantitative estimate of drug-likeness (QED) is 0.609. The fourth-order valence-corrected chi connectivity index (χ4v) is 2.03. The molecule has 2 rings (SSSR count). The number of hydrogen-bond donors (Lipinski definition) is 0. The Morgan fingerprint density at radius 3 is 3.00 bits per heavy atom. The van der Waals surface area contributed by atoms with Crippen molar-refractivity contribution in [2.45, 2.75) is 19.4 Å². The zero-order chi connectivity index (χ0) is 9.26. The summed E-state index contributed by atoms with van der Waals surface area (Å²) in [4.78, 5) is 4.53. The number of rotatable bonds is 1. The van der Waals surface area contributed by atoms with E-state index in [1.54, 1.807) is 0 Å². The van der Waals surface area contributed by atoms with Crippen LogP contribution < -0.4 is 0 Å². The van der Waals surface area contributed by atoms with Gasteiger partial charge in [-0.3, -0.25) is 4.99 Å². The molecular formula is C11H12ClN. The number of halogens is 1. The van der Waals surface area contributed by atoms with Gasteiger partial charge in [-0.05, 0) is 18.1 Å². The molecular weight excluding hydrogens is 182 g/mol. The molecule has 1 heterocycles. The number of benzene rings is 1. The predicted molar refractivity (Wildman–Crippen MR) is 56.7 cm³/mol. The van der Waals surface area contributed by atoms with E-state index < -0.39 is 0 Å². The van der Waals surface area contributed by atoms with Gasteiger partial charge < -0.3 is 0 Å². The largest absolute Gasteiger partial charge is 0.285 e. The molecule has 1 aromatic carbocycles. The highest BCUT2D eigenvalue weighted by Crippen LogP contribution is 2.27.